The molecule has 0 saturated carbocycles. The van der Waals surface area contributed by atoms with Crippen LogP contribution in [0.2, 0.25) is 0 Å². The number of anilines is 1. The number of esters is 1. The van der Waals surface area contributed by atoms with Crippen LogP contribution in [-0.2, 0) is 14.3 Å². The highest BCUT2D eigenvalue weighted by Crippen LogP contribution is 2.29. The molecule has 0 aliphatic heterocycles. The summed E-state index contributed by atoms with van der Waals surface area (Å²) in [4.78, 5) is 39.0. The second-order valence-electron chi connectivity index (χ2n) is 7.64. The molecule has 1 atom stereocenters. The van der Waals surface area contributed by atoms with E-state index in [1.54, 1.807) is 44.4 Å². The van der Waals surface area contributed by atoms with Gasteiger partial charge in [0.25, 0.3) is 11.8 Å². The van der Waals surface area contributed by atoms with Gasteiger partial charge >= 0.3 is 5.97 Å². The molecule has 0 aliphatic rings. The fourth-order valence-electron chi connectivity index (χ4n) is 3.09. The normalized spacial score (nSPS) is 11.2. The van der Waals surface area contributed by atoms with E-state index in [9.17, 15) is 18.8 Å². The Morgan fingerprint density at radius 3 is 2.26 bits per heavy atom. The van der Waals surface area contributed by atoms with E-state index in [-0.39, 0.29) is 29.6 Å². The van der Waals surface area contributed by atoms with Gasteiger partial charge < -0.3 is 24.4 Å². The number of carbonyl (C=O) groups is 3. The summed E-state index contributed by atoms with van der Waals surface area (Å²) in [6.07, 6.45) is -1.12. The maximum absolute atomic E-state index is 13.0. The van der Waals surface area contributed by atoms with Gasteiger partial charge in [-0.05, 0) is 42.5 Å². The number of nitrogens with zero attached hydrogens (tertiary/aromatic N) is 1. The van der Waals surface area contributed by atoms with Gasteiger partial charge in [-0.25, -0.2) is 9.18 Å². The molecule has 0 heterocycles. The van der Waals surface area contributed by atoms with Crippen LogP contribution in [0.1, 0.15) is 22.0 Å². The highest BCUT2D eigenvalue weighted by molar-refractivity contribution is 5.94. The molecule has 0 radical (unpaired) electrons. The number of amides is 2. The van der Waals surface area contributed by atoms with Crippen molar-refractivity contribution in [2.45, 2.75) is 6.10 Å². The van der Waals surface area contributed by atoms with E-state index in [0.29, 0.717) is 11.3 Å². The Hall–Kier alpha value is -4.40. The summed E-state index contributed by atoms with van der Waals surface area (Å²) in [5, 5.41) is 2.58. The number of ether oxygens (including phenoxy) is 3. The molecule has 0 spiro atoms. The van der Waals surface area contributed by atoms with Crippen molar-refractivity contribution < 1.29 is 33.0 Å². The zero-order valence-electron chi connectivity index (χ0n) is 19.5. The lowest BCUT2D eigenvalue weighted by atomic mass is 10.1. The number of nitrogens with one attached hydrogen (secondary N) is 1. The van der Waals surface area contributed by atoms with Crippen molar-refractivity contribution in [2.75, 3.05) is 33.1 Å². The third-order valence-corrected chi connectivity index (χ3v) is 4.88. The summed E-state index contributed by atoms with van der Waals surface area (Å²) >= 11 is 0. The molecule has 3 aromatic carbocycles. The van der Waals surface area contributed by atoms with Crippen LogP contribution in [0, 0.1) is 5.82 Å². The topological polar surface area (TPSA) is 94.2 Å². The lowest BCUT2D eigenvalue weighted by Gasteiger charge is -2.21. The van der Waals surface area contributed by atoms with Crippen molar-refractivity contribution >= 4 is 23.5 Å². The first kappa shape index (κ1) is 25.2. The molecule has 0 unspecified atom stereocenters. The summed E-state index contributed by atoms with van der Waals surface area (Å²) in [6.45, 7) is -0.342. The molecule has 35 heavy (non-hydrogen) atoms. The van der Waals surface area contributed by atoms with Crippen molar-refractivity contribution in [3.05, 3.63) is 89.7 Å². The van der Waals surface area contributed by atoms with Crippen molar-refractivity contribution in [1.29, 1.82) is 0 Å². The average Bonchev–Trinajstić information content (AvgIpc) is 2.87. The van der Waals surface area contributed by atoms with Gasteiger partial charge in [-0.2, -0.15) is 0 Å². The molecule has 9 heteroatoms. The van der Waals surface area contributed by atoms with Crippen molar-refractivity contribution in [2.24, 2.45) is 0 Å². The Kier molecular flexibility index (Phi) is 8.39. The molecule has 0 aliphatic carbocycles. The number of hydrogen-bond acceptors (Lipinski definition) is 6. The number of methoxy groups -OCH3 is 1. The van der Waals surface area contributed by atoms with Crippen LogP contribution < -0.4 is 14.8 Å². The maximum Gasteiger partial charge on any atom is 0.339 e. The number of likely N-dealkylation sites (N-methyl/N-ethyl adjacent to an activating group) is 1. The quantitative estimate of drug-likeness (QED) is 0.468. The highest BCUT2D eigenvalue weighted by atomic mass is 19.1. The molecule has 3 rings (SSSR count). The molecule has 2 amide bonds. The van der Waals surface area contributed by atoms with Gasteiger partial charge in [-0.3, -0.25) is 9.59 Å². The van der Waals surface area contributed by atoms with Crippen molar-refractivity contribution in [1.82, 2.24) is 4.90 Å². The van der Waals surface area contributed by atoms with E-state index in [1.807, 2.05) is 0 Å². The molecular formula is C26H25FN2O6. The summed E-state index contributed by atoms with van der Waals surface area (Å²) < 4.78 is 29.3. The lowest BCUT2D eigenvalue weighted by molar-refractivity contribution is -0.138. The van der Waals surface area contributed by atoms with Gasteiger partial charge in [0.05, 0.1) is 12.7 Å². The molecule has 182 valence electrons. The Bertz CT molecular complexity index is 1180. The summed E-state index contributed by atoms with van der Waals surface area (Å²) in [5.41, 5.74) is 1.10. The first-order chi connectivity index (χ1) is 16.8. The molecule has 3 aromatic rings. The van der Waals surface area contributed by atoms with E-state index >= 15 is 0 Å². The standard InChI is InChI=1S/C26H25FN2O6/c1-29(2)25(31)24(17-7-5-4-6-8-17)35-26(32)18-9-14-21(22(15-18)33-3)34-16-23(30)28-20-12-10-19(27)11-13-20/h4-15,24H,16H2,1-3H3,(H,28,30)/t24-/m0/s1. The first-order valence-corrected chi connectivity index (χ1v) is 10.6. The predicted molar refractivity (Wildman–Crippen MR) is 127 cm³/mol. The number of hydrogen-bond donors (Lipinski definition) is 1. The lowest BCUT2D eigenvalue weighted by Crippen LogP contribution is -2.31. The molecular weight excluding hydrogens is 455 g/mol. The van der Waals surface area contributed by atoms with Crippen molar-refractivity contribution in [3.63, 3.8) is 0 Å². The number of carbonyl (C=O) groups excluding carboxylic acids is 3. The molecule has 1 N–H and O–H groups in total. The van der Waals surface area contributed by atoms with E-state index in [4.69, 9.17) is 14.2 Å². The largest absolute Gasteiger partial charge is 0.493 e. The first-order valence-electron chi connectivity index (χ1n) is 10.6. The van der Waals surface area contributed by atoms with Gasteiger partial charge in [0.15, 0.2) is 18.1 Å². The highest BCUT2D eigenvalue weighted by Gasteiger charge is 2.27. The Labute approximate surface area is 202 Å². The van der Waals surface area contributed by atoms with E-state index < -0.39 is 23.8 Å². The summed E-state index contributed by atoms with van der Waals surface area (Å²) in [7, 11) is 4.54. The molecule has 8 nitrogen and oxygen atoms in total. The fourth-order valence-corrected chi connectivity index (χ4v) is 3.09. The predicted octanol–water partition coefficient (Wildman–Crippen LogP) is 3.84. The smallest absolute Gasteiger partial charge is 0.339 e. The molecule has 0 bridgehead atoms. The molecule has 0 saturated heterocycles. The van der Waals surface area contributed by atoms with Crippen LogP contribution in [-0.4, -0.2) is 50.5 Å². The van der Waals surface area contributed by atoms with Crippen LogP contribution in [0.4, 0.5) is 10.1 Å². The number of halogens is 1. The molecule has 0 fully saturated rings. The SMILES string of the molecule is COc1cc(C(=O)O[C@H](C(=O)N(C)C)c2ccccc2)ccc1OCC(=O)Nc1ccc(F)cc1. The maximum atomic E-state index is 13.0. The number of benzene rings is 3. The minimum absolute atomic E-state index is 0.137. The van der Waals surface area contributed by atoms with Gasteiger partial charge in [-0.1, -0.05) is 30.3 Å². The van der Waals surface area contributed by atoms with Crippen molar-refractivity contribution in [3.8, 4) is 11.5 Å². The Morgan fingerprint density at radius 1 is 0.943 bits per heavy atom. The zero-order chi connectivity index (χ0) is 25.4. The summed E-state index contributed by atoms with van der Waals surface area (Å²) in [5.74, 6) is -1.57. The van der Waals surface area contributed by atoms with Crippen LogP contribution in [0.15, 0.2) is 72.8 Å². The second kappa shape index (κ2) is 11.6. The minimum atomic E-state index is -1.12. The van der Waals surface area contributed by atoms with Gasteiger partial charge in [0.1, 0.15) is 5.82 Å². The van der Waals surface area contributed by atoms with E-state index in [0.717, 1.165) is 0 Å². The van der Waals surface area contributed by atoms with Gasteiger partial charge in [0.2, 0.25) is 6.10 Å². The second-order valence-corrected chi connectivity index (χ2v) is 7.64. The third-order valence-electron chi connectivity index (χ3n) is 4.88. The van der Waals surface area contributed by atoms with Gasteiger partial charge in [-0.15, -0.1) is 0 Å². The zero-order valence-corrected chi connectivity index (χ0v) is 19.5. The van der Waals surface area contributed by atoms with Crippen LogP contribution in [0.25, 0.3) is 0 Å². The Morgan fingerprint density at radius 2 is 1.63 bits per heavy atom. The Balaban J connectivity index is 1.69. The monoisotopic (exact) mass is 480 g/mol. The van der Waals surface area contributed by atoms with Crippen LogP contribution in [0.5, 0.6) is 11.5 Å². The number of rotatable bonds is 9. The third kappa shape index (κ3) is 6.80. The average molecular weight is 480 g/mol. The molecule has 0 aromatic heterocycles. The fraction of sp³-hybridized carbons (Fsp3) is 0.192. The van der Waals surface area contributed by atoms with Crippen LogP contribution >= 0.6 is 0 Å². The van der Waals surface area contributed by atoms with E-state index in [2.05, 4.69) is 5.32 Å². The summed E-state index contributed by atoms with van der Waals surface area (Å²) in [6, 6.07) is 18.3. The van der Waals surface area contributed by atoms with Gasteiger partial charge in [0, 0.05) is 25.3 Å². The van der Waals surface area contributed by atoms with Crippen LogP contribution in [0.3, 0.4) is 0 Å². The minimum Gasteiger partial charge on any atom is -0.493 e. The van der Waals surface area contributed by atoms with E-state index in [1.165, 1.54) is 54.5 Å².